The van der Waals surface area contributed by atoms with Crippen LogP contribution in [0.4, 0.5) is 0 Å². The van der Waals surface area contributed by atoms with Gasteiger partial charge in [-0.3, -0.25) is 4.40 Å². The predicted molar refractivity (Wildman–Crippen MR) is 64.6 cm³/mol. The lowest BCUT2D eigenvalue weighted by atomic mass is 10.4. The van der Waals surface area contributed by atoms with Gasteiger partial charge in [0.1, 0.15) is 5.65 Å². The fraction of sp³-hybridized carbons (Fsp3) is 0. The number of halogens is 2. The molecular formula is C10H6BrClN2O2. The van der Waals surface area contributed by atoms with Crippen molar-refractivity contribution in [2.24, 2.45) is 0 Å². The number of imidazole rings is 1. The average Bonchev–Trinajstić information content (AvgIpc) is 2.51. The summed E-state index contributed by atoms with van der Waals surface area (Å²) in [5.74, 6) is -1.03. The lowest BCUT2D eigenvalue weighted by Gasteiger charge is -1.97. The van der Waals surface area contributed by atoms with Crippen LogP contribution in [0.3, 0.4) is 0 Å². The van der Waals surface area contributed by atoms with Gasteiger partial charge in [0.15, 0.2) is 5.15 Å². The molecule has 0 aromatic carbocycles. The van der Waals surface area contributed by atoms with Crippen LogP contribution in [0.5, 0.6) is 0 Å². The third kappa shape index (κ3) is 2.10. The van der Waals surface area contributed by atoms with Gasteiger partial charge in [-0.1, -0.05) is 11.6 Å². The Morgan fingerprint density at radius 1 is 1.56 bits per heavy atom. The van der Waals surface area contributed by atoms with Crippen LogP contribution in [0.2, 0.25) is 5.15 Å². The summed E-state index contributed by atoms with van der Waals surface area (Å²) in [5.41, 5.74) is 1.21. The highest BCUT2D eigenvalue weighted by Crippen LogP contribution is 2.21. The van der Waals surface area contributed by atoms with Crippen molar-refractivity contribution in [2.45, 2.75) is 0 Å². The zero-order chi connectivity index (χ0) is 11.7. The number of pyridine rings is 1. The van der Waals surface area contributed by atoms with Crippen molar-refractivity contribution in [2.75, 3.05) is 0 Å². The number of rotatable bonds is 2. The maximum absolute atomic E-state index is 10.4. The highest BCUT2D eigenvalue weighted by molar-refractivity contribution is 9.10. The van der Waals surface area contributed by atoms with E-state index >= 15 is 0 Å². The number of hydrogen-bond donors (Lipinski definition) is 1. The van der Waals surface area contributed by atoms with Gasteiger partial charge < -0.3 is 5.11 Å². The Labute approximate surface area is 104 Å². The molecule has 0 amide bonds. The van der Waals surface area contributed by atoms with E-state index in [4.69, 9.17) is 16.7 Å². The molecule has 0 unspecified atom stereocenters. The Balaban J connectivity index is 2.62. The standard InChI is InChI=1S/C10H6BrClN2O2/c11-6-1-3-8-13-10(12)7(14(8)5-6)2-4-9(15)16/h1-5H,(H,15,16)/b4-2+. The van der Waals surface area contributed by atoms with E-state index < -0.39 is 5.97 Å². The monoisotopic (exact) mass is 300 g/mol. The summed E-state index contributed by atoms with van der Waals surface area (Å²) >= 11 is 9.24. The number of aromatic nitrogens is 2. The first-order valence-electron chi connectivity index (χ1n) is 4.32. The molecule has 6 heteroatoms. The lowest BCUT2D eigenvalue weighted by Crippen LogP contribution is -1.90. The van der Waals surface area contributed by atoms with Crippen LogP contribution in [-0.2, 0) is 4.79 Å². The second-order valence-corrected chi connectivity index (χ2v) is 4.31. The summed E-state index contributed by atoms with van der Waals surface area (Å²) < 4.78 is 2.57. The van der Waals surface area contributed by atoms with Crippen LogP contribution < -0.4 is 0 Å². The molecule has 2 aromatic rings. The van der Waals surface area contributed by atoms with Crippen LogP contribution in [0, 0.1) is 0 Å². The van der Waals surface area contributed by atoms with E-state index in [1.807, 2.05) is 6.07 Å². The van der Waals surface area contributed by atoms with Gasteiger partial charge in [-0.15, -0.1) is 0 Å². The molecule has 0 saturated heterocycles. The Bertz CT molecular complexity index is 592. The summed E-state index contributed by atoms with van der Waals surface area (Å²) in [6.45, 7) is 0. The van der Waals surface area contributed by atoms with Crippen LogP contribution in [0.15, 0.2) is 28.9 Å². The molecule has 1 N–H and O–H groups in total. The first-order valence-corrected chi connectivity index (χ1v) is 5.49. The van der Waals surface area contributed by atoms with Gasteiger partial charge >= 0.3 is 5.97 Å². The second kappa shape index (κ2) is 4.27. The normalized spacial score (nSPS) is 11.4. The van der Waals surface area contributed by atoms with Crippen LogP contribution in [0.1, 0.15) is 5.69 Å². The van der Waals surface area contributed by atoms with E-state index in [-0.39, 0.29) is 5.15 Å². The highest BCUT2D eigenvalue weighted by atomic mass is 79.9. The molecule has 0 spiro atoms. The molecule has 0 aliphatic rings. The summed E-state index contributed by atoms with van der Waals surface area (Å²) in [4.78, 5) is 14.5. The maximum atomic E-state index is 10.4. The largest absolute Gasteiger partial charge is 0.478 e. The van der Waals surface area contributed by atoms with Gasteiger partial charge in [0.05, 0.1) is 5.69 Å². The first-order chi connectivity index (χ1) is 7.58. The fourth-order valence-corrected chi connectivity index (χ4v) is 1.89. The smallest absolute Gasteiger partial charge is 0.328 e. The fourth-order valence-electron chi connectivity index (χ4n) is 1.31. The van der Waals surface area contributed by atoms with E-state index in [0.29, 0.717) is 11.3 Å². The van der Waals surface area contributed by atoms with Crippen molar-refractivity contribution in [3.63, 3.8) is 0 Å². The minimum Gasteiger partial charge on any atom is -0.478 e. The lowest BCUT2D eigenvalue weighted by molar-refractivity contribution is -0.131. The number of aliphatic carboxylic acids is 1. The van der Waals surface area contributed by atoms with Crippen LogP contribution in [-0.4, -0.2) is 20.5 Å². The Morgan fingerprint density at radius 3 is 3.00 bits per heavy atom. The molecule has 16 heavy (non-hydrogen) atoms. The summed E-state index contributed by atoms with van der Waals surface area (Å²) in [5, 5.41) is 8.83. The quantitative estimate of drug-likeness (QED) is 0.868. The molecule has 0 fully saturated rings. The van der Waals surface area contributed by atoms with Gasteiger partial charge in [-0.25, -0.2) is 9.78 Å². The third-order valence-electron chi connectivity index (χ3n) is 1.96. The van der Waals surface area contributed by atoms with Crippen molar-refractivity contribution in [1.29, 1.82) is 0 Å². The number of carboxylic acids is 1. The van der Waals surface area contributed by atoms with Gasteiger partial charge in [0, 0.05) is 16.7 Å². The topological polar surface area (TPSA) is 54.6 Å². The van der Waals surface area contributed by atoms with Gasteiger partial charge in [-0.05, 0) is 34.1 Å². The molecule has 2 rings (SSSR count). The molecular weight excluding hydrogens is 295 g/mol. The Kier molecular flexibility index (Phi) is 2.98. The third-order valence-corrected chi connectivity index (χ3v) is 2.71. The van der Waals surface area contributed by atoms with Crippen molar-refractivity contribution in [3.05, 3.63) is 39.7 Å². The maximum Gasteiger partial charge on any atom is 0.328 e. The number of fused-ring (bicyclic) bond motifs is 1. The summed E-state index contributed by atoms with van der Waals surface area (Å²) in [6.07, 6.45) is 4.21. The number of hydrogen-bond acceptors (Lipinski definition) is 2. The minimum atomic E-state index is -1.03. The number of nitrogens with zero attached hydrogens (tertiary/aromatic N) is 2. The molecule has 0 atom stereocenters. The minimum absolute atomic E-state index is 0.274. The first kappa shape index (κ1) is 11.2. The Morgan fingerprint density at radius 2 is 2.31 bits per heavy atom. The van der Waals surface area contributed by atoms with Crippen LogP contribution in [0.25, 0.3) is 11.7 Å². The van der Waals surface area contributed by atoms with E-state index in [9.17, 15) is 4.79 Å². The molecule has 82 valence electrons. The second-order valence-electron chi connectivity index (χ2n) is 3.03. The molecule has 0 radical (unpaired) electrons. The predicted octanol–water partition coefficient (Wildman–Crippen LogP) is 2.85. The molecule has 2 aromatic heterocycles. The molecule has 0 aliphatic heterocycles. The van der Waals surface area contributed by atoms with Crippen LogP contribution >= 0.6 is 27.5 Å². The Hall–Kier alpha value is -1.33. The molecule has 0 bridgehead atoms. The summed E-state index contributed by atoms with van der Waals surface area (Å²) in [6, 6.07) is 3.62. The zero-order valence-corrected chi connectivity index (χ0v) is 10.2. The van der Waals surface area contributed by atoms with Crippen molar-refractivity contribution in [1.82, 2.24) is 9.38 Å². The van der Waals surface area contributed by atoms with Crippen molar-refractivity contribution >= 4 is 45.2 Å². The van der Waals surface area contributed by atoms with E-state index in [1.54, 1.807) is 16.7 Å². The highest BCUT2D eigenvalue weighted by Gasteiger charge is 2.07. The van der Waals surface area contributed by atoms with Crippen molar-refractivity contribution < 1.29 is 9.90 Å². The molecule has 0 aliphatic carbocycles. The zero-order valence-electron chi connectivity index (χ0n) is 7.89. The molecule has 2 heterocycles. The van der Waals surface area contributed by atoms with E-state index in [1.165, 1.54) is 6.08 Å². The number of carboxylic acid groups (broad SMARTS) is 1. The van der Waals surface area contributed by atoms with Gasteiger partial charge in [0.25, 0.3) is 0 Å². The SMILES string of the molecule is O=C(O)/C=C/c1c(Cl)nc2ccc(Br)cn12. The number of carbonyl (C=O) groups is 1. The van der Waals surface area contributed by atoms with E-state index in [2.05, 4.69) is 20.9 Å². The van der Waals surface area contributed by atoms with E-state index in [0.717, 1.165) is 10.5 Å². The molecule has 0 saturated carbocycles. The molecule has 4 nitrogen and oxygen atoms in total. The van der Waals surface area contributed by atoms with Crippen molar-refractivity contribution in [3.8, 4) is 0 Å². The van der Waals surface area contributed by atoms with Gasteiger partial charge in [-0.2, -0.15) is 0 Å². The van der Waals surface area contributed by atoms with Gasteiger partial charge in [0.2, 0.25) is 0 Å². The average molecular weight is 302 g/mol. The summed E-state index contributed by atoms with van der Waals surface area (Å²) in [7, 11) is 0.